The van der Waals surface area contributed by atoms with Gasteiger partial charge in [0.15, 0.2) is 0 Å². The topological polar surface area (TPSA) is 93.8 Å². The van der Waals surface area contributed by atoms with Crippen molar-refractivity contribution in [1.82, 2.24) is 14.8 Å². The zero-order valence-electron chi connectivity index (χ0n) is 19.0. The Morgan fingerprint density at radius 3 is 2.64 bits per heavy atom. The fourth-order valence-electron chi connectivity index (χ4n) is 4.03. The van der Waals surface area contributed by atoms with Gasteiger partial charge in [0.05, 0.1) is 13.7 Å². The maximum Gasteiger partial charge on any atom is 0.373 e. The average molecular weight is 447 g/mol. The van der Waals surface area contributed by atoms with Gasteiger partial charge in [0.2, 0.25) is 5.76 Å². The van der Waals surface area contributed by atoms with Crippen LogP contribution in [0.25, 0.3) is 11.8 Å². The standard InChI is InChI=1S/C25H25N3O5/c1-5-17-8-6-7-9-21(17)28-15(2)12-18(16(28)3)13-20-23(29)27(25(31)26-20)14-19-10-11-22(33-19)24(30)32-4/h6-13H,5,14H2,1-4H3,(H,26,31). The van der Waals surface area contributed by atoms with Gasteiger partial charge in [0, 0.05) is 17.1 Å². The Morgan fingerprint density at radius 2 is 1.91 bits per heavy atom. The molecular weight excluding hydrogens is 422 g/mol. The minimum absolute atomic E-state index is 0.00937. The number of methoxy groups -OCH3 is 1. The molecule has 2 aromatic heterocycles. The van der Waals surface area contributed by atoms with Gasteiger partial charge in [-0.3, -0.25) is 9.69 Å². The van der Waals surface area contributed by atoms with Gasteiger partial charge in [-0.15, -0.1) is 0 Å². The number of esters is 1. The minimum Gasteiger partial charge on any atom is -0.463 e. The quantitative estimate of drug-likeness (QED) is 0.348. The highest BCUT2D eigenvalue weighted by atomic mass is 16.5. The molecule has 1 fully saturated rings. The first kappa shape index (κ1) is 22.1. The monoisotopic (exact) mass is 447 g/mol. The smallest absolute Gasteiger partial charge is 0.373 e. The molecule has 0 radical (unpaired) electrons. The van der Waals surface area contributed by atoms with Crippen LogP contribution in [0.3, 0.4) is 0 Å². The molecule has 0 spiro atoms. The fraction of sp³-hybridized carbons (Fsp3) is 0.240. The third-order valence-electron chi connectivity index (χ3n) is 5.71. The van der Waals surface area contributed by atoms with Gasteiger partial charge < -0.3 is 19.0 Å². The summed E-state index contributed by atoms with van der Waals surface area (Å²) >= 11 is 0. The molecule has 0 bridgehead atoms. The number of nitrogens with one attached hydrogen (secondary N) is 1. The number of rotatable bonds is 6. The van der Waals surface area contributed by atoms with Crippen molar-refractivity contribution in [3.8, 4) is 5.69 Å². The number of carbonyl (C=O) groups excluding carboxylic acids is 3. The van der Waals surface area contributed by atoms with Crippen LogP contribution in [-0.4, -0.2) is 34.5 Å². The molecule has 0 atom stereocenters. The number of nitrogens with zero attached hydrogens (tertiary/aromatic N) is 2. The number of aryl methyl sites for hydroxylation is 2. The molecule has 3 amide bonds. The minimum atomic E-state index is -0.626. The average Bonchev–Trinajstić information content (AvgIpc) is 3.46. The molecule has 0 aliphatic carbocycles. The van der Waals surface area contributed by atoms with Gasteiger partial charge in [0.25, 0.3) is 5.91 Å². The number of aromatic nitrogens is 1. The normalized spacial score (nSPS) is 14.8. The molecule has 3 aromatic rings. The van der Waals surface area contributed by atoms with Crippen molar-refractivity contribution >= 4 is 24.0 Å². The Labute approximate surface area is 191 Å². The van der Waals surface area contributed by atoms with E-state index < -0.39 is 17.9 Å². The third-order valence-corrected chi connectivity index (χ3v) is 5.71. The first-order chi connectivity index (χ1) is 15.8. The van der Waals surface area contributed by atoms with Crippen LogP contribution in [0.1, 0.15) is 45.8 Å². The van der Waals surface area contributed by atoms with Gasteiger partial charge in [-0.25, -0.2) is 9.59 Å². The maximum atomic E-state index is 12.9. The van der Waals surface area contributed by atoms with E-state index >= 15 is 0 Å². The van der Waals surface area contributed by atoms with E-state index in [0.29, 0.717) is 5.76 Å². The molecule has 33 heavy (non-hydrogen) atoms. The lowest BCUT2D eigenvalue weighted by molar-refractivity contribution is -0.123. The zero-order valence-corrected chi connectivity index (χ0v) is 19.0. The molecule has 1 aliphatic heterocycles. The van der Waals surface area contributed by atoms with E-state index in [9.17, 15) is 14.4 Å². The maximum absolute atomic E-state index is 12.9. The number of furan rings is 1. The van der Waals surface area contributed by atoms with Crippen LogP contribution in [0.5, 0.6) is 0 Å². The van der Waals surface area contributed by atoms with Crippen LogP contribution in [0.15, 0.2) is 52.6 Å². The summed E-state index contributed by atoms with van der Waals surface area (Å²) in [5.41, 5.74) is 5.34. The van der Waals surface area contributed by atoms with E-state index in [1.54, 1.807) is 6.08 Å². The molecular formula is C25H25N3O5. The van der Waals surface area contributed by atoms with E-state index in [4.69, 9.17) is 4.42 Å². The largest absolute Gasteiger partial charge is 0.463 e. The van der Waals surface area contributed by atoms with Crippen molar-refractivity contribution in [1.29, 1.82) is 0 Å². The van der Waals surface area contributed by atoms with Crippen molar-refractivity contribution in [2.75, 3.05) is 7.11 Å². The number of imide groups is 1. The van der Waals surface area contributed by atoms with Crippen molar-refractivity contribution in [2.24, 2.45) is 0 Å². The first-order valence-corrected chi connectivity index (χ1v) is 10.6. The molecule has 1 N–H and O–H groups in total. The van der Waals surface area contributed by atoms with Crippen LogP contribution in [-0.2, 0) is 22.5 Å². The Hall–Kier alpha value is -4.07. The van der Waals surface area contributed by atoms with Crippen LogP contribution in [0, 0.1) is 13.8 Å². The molecule has 1 aliphatic rings. The van der Waals surface area contributed by atoms with Gasteiger partial charge in [0.1, 0.15) is 11.5 Å². The lowest BCUT2D eigenvalue weighted by atomic mass is 10.1. The second-order valence-corrected chi connectivity index (χ2v) is 7.78. The summed E-state index contributed by atoms with van der Waals surface area (Å²) in [6.45, 7) is 6.02. The van der Waals surface area contributed by atoms with Crippen molar-refractivity contribution < 1.29 is 23.5 Å². The molecule has 3 heterocycles. The number of ether oxygens (including phenoxy) is 1. The van der Waals surface area contributed by atoms with E-state index in [2.05, 4.69) is 33.7 Å². The molecule has 0 saturated carbocycles. The third kappa shape index (κ3) is 4.07. The van der Waals surface area contributed by atoms with Gasteiger partial charge in [-0.05, 0) is 61.7 Å². The van der Waals surface area contributed by atoms with E-state index in [0.717, 1.165) is 34.0 Å². The van der Waals surface area contributed by atoms with Gasteiger partial charge >= 0.3 is 12.0 Å². The molecule has 0 unspecified atom stereocenters. The summed E-state index contributed by atoms with van der Waals surface area (Å²) in [5, 5.41) is 2.64. The Balaban J connectivity index is 1.60. The number of benzene rings is 1. The zero-order chi connectivity index (χ0) is 23.7. The van der Waals surface area contributed by atoms with Gasteiger partial charge in [-0.2, -0.15) is 0 Å². The van der Waals surface area contributed by atoms with E-state index in [1.807, 2.05) is 32.0 Å². The summed E-state index contributed by atoms with van der Waals surface area (Å²) in [4.78, 5) is 38.0. The molecule has 170 valence electrons. The summed E-state index contributed by atoms with van der Waals surface area (Å²) < 4.78 is 12.2. The Kier molecular flexibility index (Phi) is 5.91. The molecule has 4 rings (SSSR count). The summed E-state index contributed by atoms with van der Waals surface area (Å²) in [6.07, 6.45) is 2.59. The number of para-hydroxylation sites is 1. The van der Waals surface area contributed by atoms with Crippen LogP contribution < -0.4 is 5.32 Å². The highest BCUT2D eigenvalue weighted by Gasteiger charge is 2.34. The SMILES string of the molecule is CCc1ccccc1-n1c(C)cc(C=C2NC(=O)N(Cc3ccc(C(=O)OC)o3)C2=O)c1C. The molecule has 8 nitrogen and oxygen atoms in total. The predicted octanol–water partition coefficient (Wildman–Crippen LogP) is 4.13. The number of hydrogen-bond acceptors (Lipinski definition) is 5. The van der Waals surface area contributed by atoms with Crippen LogP contribution in [0.2, 0.25) is 0 Å². The van der Waals surface area contributed by atoms with Crippen LogP contribution in [0.4, 0.5) is 4.79 Å². The number of carbonyl (C=O) groups is 3. The van der Waals surface area contributed by atoms with Crippen molar-refractivity contribution in [3.63, 3.8) is 0 Å². The second kappa shape index (κ2) is 8.82. The van der Waals surface area contributed by atoms with Crippen molar-refractivity contribution in [3.05, 3.63) is 82.2 Å². The highest BCUT2D eigenvalue weighted by Crippen LogP contribution is 2.26. The predicted molar refractivity (Wildman–Crippen MR) is 122 cm³/mol. The lowest BCUT2D eigenvalue weighted by Gasteiger charge is -2.14. The Bertz CT molecular complexity index is 1280. The molecule has 1 aromatic carbocycles. The number of urea groups is 1. The highest BCUT2D eigenvalue weighted by molar-refractivity contribution is 6.13. The second-order valence-electron chi connectivity index (χ2n) is 7.78. The summed E-state index contributed by atoms with van der Waals surface area (Å²) in [7, 11) is 1.25. The molecule has 8 heteroatoms. The van der Waals surface area contributed by atoms with Crippen LogP contribution >= 0.6 is 0 Å². The summed E-state index contributed by atoms with van der Waals surface area (Å²) in [6, 6.07) is 12.6. The number of amides is 3. The van der Waals surface area contributed by atoms with E-state index in [1.165, 1.54) is 24.8 Å². The summed E-state index contributed by atoms with van der Waals surface area (Å²) in [5.74, 6) is -0.779. The molecule has 1 saturated heterocycles. The van der Waals surface area contributed by atoms with Gasteiger partial charge in [-0.1, -0.05) is 25.1 Å². The Morgan fingerprint density at radius 1 is 1.15 bits per heavy atom. The number of hydrogen-bond donors (Lipinski definition) is 1. The fourth-order valence-corrected chi connectivity index (χ4v) is 4.03. The van der Waals surface area contributed by atoms with E-state index in [-0.39, 0.29) is 18.0 Å². The first-order valence-electron chi connectivity index (χ1n) is 10.6. The lowest BCUT2D eigenvalue weighted by Crippen LogP contribution is -2.30. The van der Waals surface area contributed by atoms with Crippen molar-refractivity contribution in [2.45, 2.75) is 33.7 Å².